The van der Waals surface area contributed by atoms with Crippen molar-refractivity contribution in [3.8, 4) is 0 Å². The first kappa shape index (κ1) is 16.1. The minimum absolute atomic E-state index is 0.234. The van der Waals surface area contributed by atoms with Crippen LogP contribution in [0, 0.1) is 5.41 Å². The van der Waals surface area contributed by atoms with E-state index in [1.807, 2.05) is 24.3 Å². The van der Waals surface area contributed by atoms with Gasteiger partial charge in [-0.15, -0.1) is 0 Å². The second kappa shape index (κ2) is 7.64. The zero-order valence-corrected chi connectivity index (χ0v) is 13.1. The highest BCUT2D eigenvalue weighted by atomic mass is 16.2. The number of hydrogen-bond donors (Lipinski definition) is 3. The van der Waals surface area contributed by atoms with E-state index >= 15 is 0 Å². The van der Waals surface area contributed by atoms with Gasteiger partial charge in [0.1, 0.15) is 0 Å². The zero-order chi connectivity index (χ0) is 15.9. The van der Waals surface area contributed by atoms with Crippen LogP contribution in [0.2, 0.25) is 0 Å². The minimum atomic E-state index is -0.234. The van der Waals surface area contributed by atoms with Crippen LogP contribution in [-0.2, 0) is 6.42 Å². The lowest BCUT2D eigenvalue weighted by molar-refractivity contribution is 0.223. The molecule has 0 spiro atoms. The molecule has 0 saturated carbocycles. The van der Waals surface area contributed by atoms with Gasteiger partial charge in [0.05, 0.1) is 5.70 Å². The number of nitrogens with one attached hydrogen (secondary N) is 2. The maximum atomic E-state index is 12.4. The van der Waals surface area contributed by atoms with Crippen molar-refractivity contribution in [1.82, 2.24) is 4.90 Å². The Kier molecular flexibility index (Phi) is 5.58. The fourth-order valence-corrected chi connectivity index (χ4v) is 2.56. The van der Waals surface area contributed by atoms with Gasteiger partial charge in [-0.2, -0.15) is 0 Å². The van der Waals surface area contributed by atoms with Crippen molar-refractivity contribution in [2.75, 3.05) is 11.9 Å². The summed E-state index contributed by atoms with van der Waals surface area (Å²) in [5, 5.41) is 10.3. The molecule has 1 heterocycles. The third kappa shape index (κ3) is 3.87. The topological polar surface area (TPSA) is 82.2 Å². The Balaban J connectivity index is 2.02. The van der Waals surface area contributed by atoms with E-state index in [-0.39, 0.29) is 6.03 Å². The quantitative estimate of drug-likeness (QED) is 0.728. The zero-order valence-electron chi connectivity index (χ0n) is 13.1. The average Bonchev–Trinajstić information content (AvgIpc) is 2.54. The number of benzene rings is 1. The van der Waals surface area contributed by atoms with Crippen LogP contribution in [0.3, 0.4) is 0 Å². The number of carbonyl (C=O) groups is 1. The minimum Gasteiger partial charge on any atom is -0.400 e. The van der Waals surface area contributed by atoms with Crippen LogP contribution in [0.4, 0.5) is 10.5 Å². The molecule has 2 rings (SSSR count). The molecule has 4 N–H and O–H groups in total. The number of urea groups is 1. The van der Waals surface area contributed by atoms with E-state index in [4.69, 9.17) is 11.1 Å². The molecule has 1 aliphatic rings. The molecule has 22 heavy (non-hydrogen) atoms. The average molecular weight is 300 g/mol. The molecule has 0 aliphatic carbocycles. The van der Waals surface area contributed by atoms with E-state index in [1.54, 1.807) is 0 Å². The number of aryl methyl sites for hydroxylation is 1. The summed E-state index contributed by atoms with van der Waals surface area (Å²) in [6, 6.07) is 7.70. The van der Waals surface area contributed by atoms with Crippen LogP contribution in [0.15, 0.2) is 35.7 Å². The summed E-state index contributed by atoms with van der Waals surface area (Å²) in [5.41, 5.74) is 9.03. The van der Waals surface area contributed by atoms with E-state index < -0.39 is 0 Å². The lowest BCUT2D eigenvalue weighted by atomic mass is 10.1. The van der Waals surface area contributed by atoms with Gasteiger partial charge in [0, 0.05) is 24.1 Å². The van der Waals surface area contributed by atoms with Crippen molar-refractivity contribution in [2.45, 2.75) is 39.0 Å². The molecule has 0 fully saturated rings. The normalized spacial score (nSPS) is 14.9. The van der Waals surface area contributed by atoms with Gasteiger partial charge in [0.2, 0.25) is 0 Å². The van der Waals surface area contributed by atoms with E-state index in [2.05, 4.69) is 12.2 Å². The van der Waals surface area contributed by atoms with Crippen LogP contribution >= 0.6 is 0 Å². The van der Waals surface area contributed by atoms with Crippen molar-refractivity contribution < 1.29 is 4.79 Å². The summed E-state index contributed by atoms with van der Waals surface area (Å²) in [5.74, 6) is 0. The molecule has 1 aliphatic heterocycles. The number of carbonyl (C=O) groups excluding carboxylic acids is 1. The molecule has 5 nitrogen and oxygen atoms in total. The van der Waals surface area contributed by atoms with E-state index in [0.717, 1.165) is 31.2 Å². The Hall–Kier alpha value is -2.30. The molecule has 0 bridgehead atoms. The summed E-state index contributed by atoms with van der Waals surface area (Å²) in [6.07, 6.45) is 6.13. The van der Waals surface area contributed by atoms with Crippen LogP contribution < -0.4 is 11.1 Å². The maximum Gasteiger partial charge on any atom is 0.326 e. The number of anilines is 1. The number of unbranched alkanes of at least 4 members (excludes halogenated alkanes) is 1. The fourth-order valence-electron chi connectivity index (χ4n) is 2.56. The molecule has 5 heteroatoms. The number of amides is 2. The van der Waals surface area contributed by atoms with Crippen LogP contribution in [0.1, 0.15) is 38.2 Å². The molecular formula is C17H24N4O. The second-order valence-electron chi connectivity index (χ2n) is 5.54. The van der Waals surface area contributed by atoms with Gasteiger partial charge in [-0.3, -0.25) is 4.90 Å². The van der Waals surface area contributed by atoms with Gasteiger partial charge < -0.3 is 16.5 Å². The number of nitrogens with two attached hydrogens (primary N) is 1. The standard InChI is InChI=1S/C17H24N4O/c1-2-3-5-13-7-9-14(10-8-13)20-17(22)21-11-4-6-15(19)16(21)12-18/h7-10,12,18H,2-6,11,19H2,1H3,(H,20,22). The molecule has 0 atom stereocenters. The van der Waals surface area contributed by atoms with E-state index in [1.165, 1.54) is 23.3 Å². The third-order valence-electron chi connectivity index (χ3n) is 3.85. The first-order chi connectivity index (χ1) is 10.7. The summed E-state index contributed by atoms with van der Waals surface area (Å²) in [6.45, 7) is 2.76. The highest BCUT2D eigenvalue weighted by molar-refractivity contribution is 5.95. The maximum absolute atomic E-state index is 12.4. The third-order valence-corrected chi connectivity index (χ3v) is 3.85. The SMILES string of the molecule is CCCCc1ccc(NC(=O)N2CCCC(N)=C2C=N)cc1. The molecule has 2 amide bonds. The highest BCUT2D eigenvalue weighted by Gasteiger charge is 2.22. The Bertz CT molecular complexity index is 563. The Morgan fingerprint density at radius 2 is 2.14 bits per heavy atom. The van der Waals surface area contributed by atoms with Crippen molar-refractivity contribution in [3.63, 3.8) is 0 Å². The van der Waals surface area contributed by atoms with Crippen molar-refractivity contribution >= 4 is 17.9 Å². The predicted octanol–water partition coefficient (Wildman–Crippen LogP) is 3.48. The molecule has 1 aromatic rings. The summed E-state index contributed by atoms with van der Waals surface area (Å²) in [7, 11) is 0. The Labute approximate surface area is 131 Å². The van der Waals surface area contributed by atoms with Crippen molar-refractivity contribution in [2.24, 2.45) is 5.73 Å². The first-order valence-corrected chi connectivity index (χ1v) is 7.82. The van der Waals surface area contributed by atoms with Crippen LogP contribution in [0.25, 0.3) is 0 Å². The number of allylic oxidation sites excluding steroid dienone is 2. The fraction of sp³-hybridized carbons (Fsp3) is 0.412. The highest BCUT2D eigenvalue weighted by Crippen LogP contribution is 2.19. The summed E-state index contributed by atoms with van der Waals surface area (Å²) >= 11 is 0. The summed E-state index contributed by atoms with van der Waals surface area (Å²) < 4.78 is 0. The number of hydrogen-bond acceptors (Lipinski definition) is 3. The van der Waals surface area contributed by atoms with E-state index in [0.29, 0.717) is 17.9 Å². The van der Waals surface area contributed by atoms with Gasteiger partial charge in [-0.05, 0) is 43.4 Å². The lowest BCUT2D eigenvalue weighted by Crippen LogP contribution is -2.39. The molecule has 1 aromatic carbocycles. The Morgan fingerprint density at radius 3 is 2.77 bits per heavy atom. The molecule has 0 radical (unpaired) electrons. The van der Waals surface area contributed by atoms with Crippen molar-refractivity contribution in [1.29, 1.82) is 5.41 Å². The number of rotatable bonds is 5. The van der Waals surface area contributed by atoms with Gasteiger partial charge in [0.25, 0.3) is 0 Å². The molecular weight excluding hydrogens is 276 g/mol. The van der Waals surface area contributed by atoms with Gasteiger partial charge in [-0.1, -0.05) is 25.5 Å². The monoisotopic (exact) mass is 300 g/mol. The predicted molar refractivity (Wildman–Crippen MR) is 90.0 cm³/mol. The van der Waals surface area contributed by atoms with Gasteiger partial charge >= 0.3 is 6.03 Å². The number of nitrogens with zero attached hydrogens (tertiary/aromatic N) is 1. The molecule has 118 valence electrons. The van der Waals surface area contributed by atoms with Gasteiger partial charge in [-0.25, -0.2) is 4.79 Å². The first-order valence-electron chi connectivity index (χ1n) is 7.82. The lowest BCUT2D eigenvalue weighted by Gasteiger charge is -2.28. The Morgan fingerprint density at radius 1 is 1.41 bits per heavy atom. The summed E-state index contributed by atoms with van der Waals surface area (Å²) in [4.78, 5) is 13.9. The molecule has 0 aromatic heterocycles. The van der Waals surface area contributed by atoms with Crippen LogP contribution in [-0.4, -0.2) is 23.7 Å². The van der Waals surface area contributed by atoms with Crippen LogP contribution in [0.5, 0.6) is 0 Å². The second-order valence-corrected chi connectivity index (χ2v) is 5.54. The molecule has 0 saturated heterocycles. The van der Waals surface area contributed by atoms with E-state index in [9.17, 15) is 4.79 Å². The smallest absolute Gasteiger partial charge is 0.326 e. The molecule has 0 unspecified atom stereocenters. The van der Waals surface area contributed by atoms with Gasteiger partial charge in [0.15, 0.2) is 0 Å². The van der Waals surface area contributed by atoms with Crippen molar-refractivity contribution in [3.05, 3.63) is 41.2 Å². The largest absolute Gasteiger partial charge is 0.400 e.